The van der Waals surface area contributed by atoms with Gasteiger partial charge in [0.05, 0.1) is 19.0 Å². The van der Waals surface area contributed by atoms with Crippen LogP contribution in [0.1, 0.15) is 33.6 Å². The standard InChI is InChI=1S/C11H22N4O/c1-5-7-14-11(16-4)15-9(2)6-8-13-10(3)12/h7,9H,5-6,8H2,1-4H3,(H2,12,13)/b14-7-,15-11+. The largest absolute Gasteiger partial charge is 0.467 e. The molecule has 0 saturated carbocycles. The Morgan fingerprint density at radius 3 is 2.69 bits per heavy atom. The van der Waals surface area contributed by atoms with Crippen LogP contribution in [0.2, 0.25) is 0 Å². The molecule has 0 aliphatic heterocycles. The zero-order chi connectivity index (χ0) is 12.4. The van der Waals surface area contributed by atoms with E-state index < -0.39 is 0 Å². The Morgan fingerprint density at radius 2 is 2.19 bits per heavy atom. The molecule has 0 aromatic carbocycles. The summed E-state index contributed by atoms with van der Waals surface area (Å²) < 4.78 is 5.04. The lowest BCUT2D eigenvalue weighted by atomic mass is 10.2. The molecule has 16 heavy (non-hydrogen) atoms. The maximum absolute atomic E-state index is 5.44. The molecule has 0 aromatic heterocycles. The second-order valence-corrected chi connectivity index (χ2v) is 3.50. The highest BCUT2D eigenvalue weighted by Crippen LogP contribution is 1.99. The Labute approximate surface area is 97.5 Å². The first-order valence-corrected chi connectivity index (χ1v) is 5.51. The quantitative estimate of drug-likeness (QED) is 0.571. The van der Waals surface area contributed by atoms with Crippen molar-refractivity contribution < 1.29 is 4.74 Å². The third kappa shape index (κ3) is 7.96. The minimum atomic E-state index is 0.132. The van der Waals surface area contributed by atoms with Crippen LogP contribution >= 0.6 is 0 Å². The Balaban J connectivity index is 4.15. The van der Waals surface area contributed by atoms with Gasteiger partial charge >= 0.3 is 6.02 Å². The molecule has 0 rings (SSSR count). The van der Waals surface area contributed by atoms with Crippen LogP contribution in [-0.2, 0) is 4.74 Å². The molecule has 0 heterocycles. The molecule has 1 atom stereocenters. The van der Waals surface area contributed by atoms with E-state index in [1.165, 1.54) is 0 Å². The first kappa shape index (κ1) is 14.6. The molecule has 0 amide bonds. The van der Waals surface area contributed by atoms with E-state index in [1.807, 2.05) is 13.8 Å². The van der Waals surface area contributed by atoms with Crippen molar-refractivity contribution in [3.05, 3.63) is 0 Å². The van der Waals surface area contributed by atoms with Crippen LogP contribution in [0.3, 0.4) is 0 Å². The lowest BCUT2D eigenvalue weighted by Gasteiger charge is -2.05. The van der Waals surface area contributed by atoms with Gasteiger partial charge in [0.15, 0.2) is 0 Å². The molecule has 2 N–H and O–H groups in total. The Hall–Kier alpha value is -1.39. The summed E-state index contributed by atoms with van der Waals surface area (Å²) >= 11 is 0. The molecule has 0 aliphatic rings. The highest BCUT2D eigenvalue weighted by Gasteiger charge is 2.01. The molecule has 1 unspecified atom stereocenters. The second kappa shape index (κ2) is 8.88. The van der Waals surface area contributed by atoms with Crippen LogP contribution in [0.4, 0.5) is 0 Å². The second-order valence-electron chi connectivity index (χ2n) is 3.50. The third-order valence-corrected chi connectivity index (χ3v) is 1.81. The third-order valence-electron chi connectivity index (χ3n) is 1.81. The lowest BCUT2D eigenvalue weighted by molar-refractivity contribution is 0.391. The number of nitrogens with two attached hydrogens (primary N) is 1. The normalized spacial score (nSPS) is 15.5. The number of hydrogen-bond acceptors (Lipinski definition) is 3. The first-order chi connectivity index (χ1) is 7.60. The zero-order valence-electron chi connectivity index (χ0n) is 10.6. The van der Waals surface area contributed by atoms with E-state index >= 15 is 0 Å². The van der Waals surface area contributed by atoms with Crippen molar-refractivity contribution in [2.24, 2.45) is 20.7 Å². The number of hydrogen-bond donors (Lipinski definition) is 1. The number of nitrogens with zero attached hydrogens (tertiary/aromatic N) is 3. The average molecular weight is 226 g/mol. The molecular weight excluding hydrogens is 204 g/mol. The average Bonchev–Trinajstić information content (AvgIpc) is 2.23. The summed E-state index contributed by atoms with van der Waals surface area (Å²) in [5, 5.41) is 0. The van der Waals surface area contributed by atoms with E-state index in [9.17, 15) is 0 Å². The molecule has 92 valence electrons. The summed E-state index contributed by atoms with van der Waals surface area (Å²) in [6.45, 7) is 6.47. The maximum atomic E-state index is 5.44. The van der Waals surface area contributed by atoms with Gasteiger partial charge in [0, 0.05) is 12.8 Å². The molecule has 0 fully saturated rings. The van der Waals surface area contributed by atoms with E-state index in [4.69, 9.17) is 10.5 Å². The summed E-state index contributed by atoms with van der Waals surface area (Å²) in [6, 6.07) is 0.551. The van der Waals surface area contributed by atoms with Gasteiger partial charge in [0.2, 0.25) is 0 Å². The highest BCUT2D eigenvalue weighted by molar-refractivity contribution is 5.83. The van der Waals surface area contributed by atoms with Crippen LogP contribution in [0.25, 0.3) is 0 Å². The predicted molar refractivity (Wildman–Crippen MR) is 69.5 cm³/mol. The van der Waals surface area contributed by atoms with Gasteiger partial charge in [-0.25, -0.2) is 9.98 Å². The van der Waals surface area contributed by atoms with Crippen molar-refractivity contribution in [3.63, 3.8) is 0 Å². The van der Waals surface area contributed by atoms with Crippen molar-refractivity contribution in [1.29, 1.82) is 0 Å². The van der Waals surface area contributed by atoms with Crippen molar-refractivity contribution in [2.75, 3.05) is 13.7 Å². The van der Waals surface area contributed by atoms with Gasteiger partial charge in [0.25, 0.3) is 0 Å². The maximum Gasteiger partial charge on any atom is 0.311 e. The van der Waals surface area contributed by atoms with E-state index in [1.54, 1.807) is 20.2 Å². The Kier molecular flexibility index (Phi) is 8.11. The molecule has 5 heteroatoms. The number of amidine groups is 2. The van der Waals surface area contributed by atoms with E-state index in [-0.39, 0.29) is 6.04 Å². The summed E-state index contributed by atoms with van der Waals surface area (Å²) in [4.78, 5) is 12.5. The minimum Gasteiger partial charge on any atom is -0.467 e. The Bertz CT molecular complexity index is 267. The van der Waals surface area contributed by atoms with Crippen molar-refractivity contribution in [1.82, 2.24) is 0 Å². The SMILES string of the molecule is CC/C=N\C(=N/C(C)CC/N=C(\C)N)OC. The van der Waals surface area contributed by atoms with Crippen LogP contribution in [0, 0.1) is 0 Å². The number of ether oxygens (including phenoxy) is 1. The van der Waals surface area contributed by atoms with Gasteiger partial charge in [-0.3, -0.25) is 4.99 Å². The van der Waals surface area contributed by atoms with Crippen molar-refractivity contribution >= 4 is 18.1 Å². The fraction of sp³-hybridized carbons (Fsp3) is 0.727. The van der Waals surface area contributed by atoms with Gasteiger partial charge in [-0.2, -0.15) is 0 Å². The molecular formula is C11H22N4O. The summed E-state index contributed by atoms with van der Waals surface area (Å²) in [5.74, 6) is 0.604. The molecule has 0 aliphatic carbocycles. The number of aliphatic imine (C=N–C) groups is 3. The smallest absolute Gasteiger partial charge is 0.311 e. The summed E-state index contributed by atoms with van der Waals surface area (Å²) in [6.07, 6.45) is 3.48. The van der Waals surface area contributed by atoms with E-state index in [0.29, 0.717) is 18.4 Å². The summed E-state index contributed by atoms with van der Waals surface area (Å²) in [7, 11) is 1.57. The predicted octanol–water partition coefficient (Wildman–Crippen LogP) is 1.63. The fourth-order valence-corrected chi connectivity index (χ4v) is 0.989. The molecule has 0 bridgehead atoms. The van der Waals surface area contributed by atoms with E-state index in [2.05, 4.69) is 15.0 Å². The van der Waals surface area contributed by atoms with Crippen LogP contribution in [0.15, 0.2) is 15.0 Å². The Morgan fingerprint density at radius 1 is 1.50 bits per heavy atom. The van der Waals surface area contributed by atoms with Gasteiger partial charge in [-0.1, -0.05) is 6.92 Å². The topological polar surface area (TPSA) is 72.3 Å². The number of methoxy groups -OCH3 is 1. The van der Waals surface area contributed by atoms with Gasteiger partial charge < -0.3 is 10.5 Å². The van der Waals surface area contributed by atoms with Crippen molar-refractivity contribution in [3.8, 4) is 0 Å². The van der Waals surface area contributed by atoms with Crippen LogP contribution < -0.4 is 5.73 Å². The molecule has 0 radical (unpaired) electrons. The van der Waals surface area contributed by atoms with Gasteiger partial charge in [-0.05, 0) is 26.7 Å². The minimum absolute atomic E-state index is 0.132. The molecule has 5 nitrogen and oxygen atoms in total. The molecule has 0 aromatic rings. The van der Waals surface area contributed by atoms with Gasteiger partial charge in [-0.15, -0.1) is 0 Å². The number of rotatable bonds is 5. The lowest BCUT2D eigenvalue weighted by Crippen LogP contribution is -2.10. The zero-order valence-corrected chi connectivity index (χ0v) is 10.6. The van der Waals surface area contributed by atoms with Crippen LogP contribution in [-0.4, -0.2) is 37.8 Å². The molecule has 0 saturated heterocycles. The van der Waals surface area contributed by atoms with Gasteiger partial charge in [0.1, 0.15) is 0 Å². The monoisotopic (exact) mass is 226 g/mol. The van der Waals surface area contributed by atoms with Crippen LogP contribution in [0.5, 0.6) is 0 Å². The fourth-order valence-electron chi connectivity index (χ4n) is 0.989. The first-order valence-electron chi connectivity index (χ1n) is 5.51. The summed E-state index contributed by atoms with van der Waals surface area (Å²) in [5.41, 5.74) is 5.44. The highest BCUT2D eigenvalue weighted by atomic mass is 16.5. The van der Waals surface area contributed by atoms with E-state index in [0.717, 1.165) is 12.8 Å². The molecule has 0 spiro atoms. The van der Waals surface area contributed by atoms with Crippen molar-refractivity contribution in [2.45, 2.75) is 39.7 Å².